The van der Waals surface area contributed by atoms with Crippen molar-refractivity contribution in [2.45, 2.75) is 77.8 Å². The first-order valence-electron chi connectivity index (χ1n) is 11.7. The minimum atomic E-state index is 0.103. The van der Waals surface area contributed by atoms with Crippen molar-refractivity contribution in [3.8, 4) is 0 Å². The molecule has 0 spiro atoms. The minimum absolute atomic E-state index is 0.103. The lowest BCUT2D eigenvalue weighted by Gasteiger charge is -2.40. The SMILES string of the molecule is CC(=O)NC1CC1N1CCN(c2ccccc2C2CCC(C(C)(C)C)CC2)CC1. The Morgan fingerprint density at radius 2 is 1.66 bits per heavy atom. The molecular weight excluding hydrogens is 358 g/mol. The molecule has 29 heavy (non-hydrogen) atoms. The van der Waals surface area contributed by atoms with Gasteiger partial charge in [-0.2, -0.15) is 0 Å². The molecule has 3 fully saturated rings. The quantitative estimate of drug-likeness (QED) is 0.818. The number of hydrogen-bond acceptors (Lipinski definition) is 3. The second-order valence-corrected chi connectivity index (χ2v) is 10.6. The third kappa shape index (κ3) is 4.79. The van der Waals surface area contributed by atoms with Gasteiger partial charge in [0.2, 0.25) is 5.91 Å². The molecular formula is C25H39N3O. The predicted octanol–water partition coefficient (Wildman–Crippen LogP) is 4.41. The normalized spacial score (nSPS) is 30.8. The van der Waals surface area contributed by atoms with E-state index in [2.05, 4.69) is 60.2 Å². The third-order valence-electron chi connectivity index (χ3n) is 7.60. The van der Waals surface area contributed by atoms with E-state index in [4.69, 9.17) is 0 Å². The largest absolute Gasteiger partial charge is 0.369 e. The molecule has 1 aromatic rings. The highest BCUT2D eigenvalue weighted by Gasteiger charge is 2.43. The summed E-state index contributed by atoms with van der Waals surface area (Å²) in [5, 5.41) is 3.08. The van der Waals surface area contributed by atoms with Gasteiger partial charge in [-0.1, -0.05) is 39.0 Å². The van der Waals surface area contributed by atoms with Crippen LogP contribution in [0.1, 0.15) is 71.3 Å². The molecule has 2 saturated carbocycles. The molecule has 2 atom stereocenters. The lowest BCUT2D eigenvalue weighted by atomic mass is 9.68. The lowest BCUT2D eigenvalue weighted by Crippen LogP contribution is -2.49. The van der Waals surface area contributed by atoms with Gasteiger partial charge in [-0.25, -0.2) is 0 Å². The molecule has 1 saturated heterocycles. The van der Waals surface area contributed by atoms with Gasteiger partial charge in [0, 0.05) is 50.9 Å². The van der Waals surface area contributed by atoms with E-state index in [0.717, 1.165) is 44.4 Å². The first kappa shape index (κ1) is 20.7. The van der Waals surface area contributed by atoms with Crippen molar-refractivity contribution >= 4 is 11.6 Å². The molecule has 1 heterocycles. The molecule has 2 unspecified atom stereocenters. The highest BCUT2D eigenvalue weighted by Crippen LogP contribution is 2.45. The van der Waals surface area contributed by atoms with E-state index in [1.165, 1.54) is 31.4 Å². The number of rotatable bonds is 4. The first-order valence-corrected chi connectivity index (χ1v) is 11.7. The van der Waals surface area contributed by atoms with Crippen LogP contribution in [-0.4, -0.2) is 49.1 Å². The summed E-state index contributed by atoms with van der Waals surface area (Å²) in [6.45, 7) is 13.2. The Morgan fingerprint density at radius 3 is 2.28 bits per heavy atom. The Balaban J connectivity index is 1.36. The number of anilines is 1. The summed E-state index contributed by atoms with van der Waals surface area (Å²) in [6.07, 6.45) is 6.51. The fourth-order valence-corrected chi connectivity index (χ4v) is 5.69. The average Bonchev–Trinajstić information content (AvgIpc) is 3.46. The number of amides is 1. The zero-order valence-corrected chi connectivity index (χ0v) is 18.8. The highest BCUT2D eigenvalue weighted by atomic mass is 16.1. The molecule has 0 radical (unpaired) electrons. The number of nitrogens with zero attached hydrogens (tertiary/aromatic N) is 2. The van der Waals surface area contributed by atoms with Crippen LogP contribution in [-0.2, 0) is 4.79 Å². The van der Waals surface area contributed by atoms with Crippen molar-refractivity contribution in [3.05, 3.63) is 29.8 Å². The van der Waals surface area contributed by atoms with Crippen LogP contribution in [0.5, 0.6) is 0 Å². The number of piperazine rings is 1. The molecule has 4 rings (SSSR count). The maximum absolute atomic E-state index is 11.3. The Bertz CT molecular complexity index is 709. The summed E-state index contributed by atoms with van der Waals surface area (Å²) in [5.41, 5.74) is 3.50. The van der Waals surface area contributed by atoms with E-state index in [-0.39, 0.29) is 5.91 Å². The topological polar surface area (TPSA) is 35.6 Å². The van der Waals surface area contributed by atoms with Crippen LogP contribution in [0, 0.1) is 11.3 Å². The highest BCUT2D eigenvalue weighted by molar-refractivity contribution is 5.73. The van der Waals surface area contributed by atoms with E-state index in [1.54, 1.807) is 12.5 Å². The van der Waals surface area contributed by atoms with Gasteiger partial charge in [-0.05, 0) is 61.0 Å². The van der Waals surface area contributed by atoms with Gasteiger partial charge in [0.1, 0.15) is 0 Å². The van der Waals surface area contributed by atoms with Crippen molar-refractivity contribution in [1.82, 2.24) is 10.2 Å². The van der Waals surface area contributed by atoms with Gasteiger partial charge in [-0.15, -0.1) is 0 Å². The lowest BCUT2D eigenvalue weighted by molar-refractivity contribution is -0.119. The summed E-state index contributed by atoms with van der Waals surface area (Å²) in [6, 6.07) is 10.1. The van der Waals surface area contributed by atoms with Gasteiger partial charge < -0.3 is 10.2 Å². The number of benzene rings is 1. The Labute approximate surface area is 177 Å². The van der Waals surface area contributed by atoms with Gasteiger partial charge in [-0.3, -0.25) is 9.69 Å². The van der Waals surface area contributed by atoms with Crippen LogP contribution in [0.3, 0.4) is 0 Å². The van der Waals surface area contributed by atoms with E-state index >= 15 is 0 Å². The maximum Gasteiger partial charge on any atom is 0.217 e. The molecule has 1 aromatic carbocycles. The summed E-state index contributed by atoms with van der Waals surface area (Å²) in [7, 11) is 0. The molecule has 0 aromatic heterocycles. The molecule has 0 bridgehead atoms. The number of carbonyl (C=O) groups excluding carboxylic acids is 1. The molecule has 3 aliphatic rings. The van der Waals surface area contributed by atoms with E-state index < -0.39 is 0 Å². The fraction of sp³-hybridized carbons (Fsp3) is 0.720. The molecule has 1 aliphatic heterocycles. The molecule has 1 amide bonds. The molecule has 4 heteroatoms. The van der Waals surface area contributed by atoms with Gasteiger partial charge in [0.15, 0.2) is 0 Å². The Kier molecular flexibility index (Phi) is 5.92. The van der Waals surface area contributed by atoms with E-state index in [0.29, 0.717) is 17.5 Å². The van der Waals surface area contributed by atoms with Gasteiger partial charge in [0.05, 0.1) is 0 Å². The van der Waals surface area contributed by atoms with Crippen LogP contribution in [0.2, 0.25) is 0 Å². The van der Waals surface area contributed by atoms with Crippen LogP contribution in [0.25, 0.3) is 0 Å². The third-order valence-corrected chi connectivity index (χ3v) is 7.60. The Morgan fingerprint density at radius 1 is 1.00 bits per heavy atom. The monoisotopic (exact) mass is 397 g/mol. The van der Waals surface area contributed by atoms with Crippen molar-refractivity contribution in [2.24, 2.45) is 11.3 Å². The average molecular weight is 398 g/mol. The van der Waals surface area contributed by atoms with Crippen LogP contribution in [0.4, 0.5) is 5.69 Å². The second-order valence-electron chi connectivity index (χ2n) is 10.6. The Hall–Kier alpha value is -1.55. The number of carbonyl (C=O) groups is 1. The summed E-state index contributed by atoms with van der Waals surface area (Å²) in [4.78, 5) is 16.5. The van der Waals surface area contributed by atoms with E-state index in [9.17, 15) is 4.79 Å². The van der Waals surface area contributed by atoms with Gasteiger partial charge in [0.25, 0.3) is 0 Å². The smallest absolute Gasteiger partial charge is 0.217 e. The molecule has 160 valence electrons. The molecule has 4 nitrogen and oxygen atoms in total. The standard InChI is InChI=1S/C25H39N3O/c1-18(29)26-22-17-24(22)28-15-13-27(14-16-28)23-8-6-5-7-21(23)19-9-11-20(12-10-19)25(2,3)4/h5-8,19-20,22,24H,9-17H2,1-4H3,(H,26,29). The van der Waals surface area contributed by atoms with E-state index in [1.807, 2.05) is 0 Å². The number of para-hydroxylation sites is 1. The predicted molar refractivity (Wildman–Crippen MR) is 120 cm³/mol. The van der Waals surface area contributed by atoms with Crippen molar-refractivity contribution in [1.29, 1.82) is 0 Å². The second kappa shape index (κ2) is 8.29. The molecule has 1 N–H and O–H groups in total. The fourth-order valence-electron chi connectivity index (χ4n) is 5.69. The van der Waals surface area contributed by atoms with Crippen LogP contribution in [0.15, 0.2) is 24.3 Å². The summed E-state index contributed by atoms with van der Waals surface area (Å²) >= 11 is 0. The maximum atomic E-state index is 11.3. The van der Waals surface area contributed by atoms with Gasteiger partial charge >= 0.3 is 0 Å². The zero-order chi connectivity index (χ0) is 20.6. The summed E-state index contributed by atoms with van der Waals surface area (Å²) < 4.78 is 0. The van der Waals surface area contributed by atoms with Crippen LogP contribution >= 0.6 is 0 Å². The number of hydrogen-bond donors (Lipinski definition) is 1. The first-order chi connectivity index (χ1) is 13.8. The molecule has 2 aliphatic carbocycles. The minimum Gasteiger partial charge on any atom is -0.369 e. The van der Waals surface area contributed by atoms with Crippen molar-refractivity contribution in [2.75, 3.05) is 31.1 Å². The number of nitrogens with one attached hydrogen (secondary N) is 1. The van der Waals surface area contributed by atoms with Crippen molar-refractivity contribution in [3.63, 3.8) is 0 Å². The van der Waals surface area contributed by atoms with Crippen molar-refractivity contribution < 1.29 is 4.79 Å². The zero-order valence-electron chi connectivity index (χ0n) is 18.8. The summed E-state index contributed by atoms with van der Waals surface area (Å²) in [5.74, 6) is 1.69. The van der Waals surface area contributed by atoms with Crippen LogP contribution < -0.4 is 10.2 Å².